The summed E-state index contributed by atoms with van der Waals surface area (Å²) < 4.78 is 16.2. The lowest BCUT2D eigenvalue weighted by atomic mass is 9.82. The Morgan fingerprint density at radius 1 is 1.22 bits per heavy atom. The highest BCUT2D eigenvalue weighted by Crippen LogP contribution is 2.58. The number of hydroxylamine groups is 1. The number of nitrogens with zero attached hydrogens (tertiary/aromatic N) is 2. The van der Waals surface area contributed by atoms with Crippen molar-refractivity contribution >= 4 is 29.6 Å². The van der Waals surface area contributed by atoms with Gasteiger partial charge in [-0.2, -0.15) is 0 Å². The summed E-state index contributed by atoms with van der Waals surface area (Å²) in [6.45, 7) is 3.30. The maximum Gasteiger partial charge on any atom is 0.404 e. The molecule has 2 saturated heterocycles. The molecule has 32 heavy (non-hydrogen) atoms. The number of aliphatic hydroxyl groups excluding tert-OH is 1. The van der Waals surface area contributed by atoms with Gasteiger partial charge in [0.25, 0.3) is 5.79 Å². The predicted molar refractivity (Wildman–Crippen MR) is 105 cm³/mol. The fraction of sp³-hybridized carbons (Fsp3) is 0.500. The first kappa shape index (κ1) is 21.8. The lowest BCUT2D eigenvalue weighted by Crippen LogP contribution is -2.61. The number of esters is 2. The fourth-order valence-corrected chi connectivity index (χ4v) is 4.71. The Labute approximate surface area is 182 Å². The lowest BCUT2D eigenvalue weighted by molar-refractivity contribution is -0.265. The van der Waals surface area contributed by atoms with Gasteiger partial charge in [0, 0.05) is 26.3 Å². The number of amides is 2. The van der Waals surface area contributed by atoms with Crippen LogP contribution in [-0.2, 0) is 35.3 Å². The van der Waals surface area contributed by atoms with E-state index in [2.05, 4.69) is 0 Å². The van der Waals surface area contributed by atoms with Crippen LogP contribution in [0, 0.1) is 0 Å². The SMILES string of the molecule is CC(=O)Oc1cc(CO)cc2c1C(COC(N)=O)C1(OC(C)=O)ON2CC2C1N2C(C)=O. The van der Waals surface area contributed by atoms with Gasteiger partial charge < -0.3 is 30.0 Å². The molecule has 0 aliphatic carbocycles. The number of nitrogens with two attached hydrogens (primary N) is 1. The molecule has 172 valence electrons. The monoisotopic (exact) mass is 449 g/mol. The van der Waals surface area contributed by atoms with Crippen molar-refractivity contribution in [2.24, 2.45) is 5.73 Å². The number of primary amides is 1. The van der Waals surface area contributed by atoms with Crippen molar-refractivity contribution < 1.29 is 43.3 Å². The number of carbonyl (C=O) groups is 4. The minimum absolute atomic E-state index is 0.0791. The molecule has 0 spiro atoms. The van der Waals surface area contributed by atoms with Crippen LogP contribution in [-0.4, -0.2) is 65.0 Å². The van der Waals surface area contributed by atoms with Gasteiger partial charge >= 0.3 is 18.0 Å². The third kappa shape index (κ3) is 3.41. The molecule has 3 aliphatic rings. The summed E-state index contributed by atoms with van der Waals surface area (Å²) in [7, 11) is 0. The van der Waals surface area contributed by atoms with Crippen LogP contribution in [0.25, 0.3) is 0 Å². The van der Waals surface area contributed by atoms with E-state index in [0.717, 1.165) is 0 Å². The number of hydrogen-bond acceptors (Lipinski definition) is 10. The molecule has 0 radical (unpaired) electrons. The molecule has 3 heterocycles. The van der Waals surface area contributed by atoms with Gasteiger partial charge in [0.1, 0.15) is 18.4 Å². The fourth-order valence-electron chi connectivity index (χ4n) is 4.71. The lowest BCUT2D eigenvalue weighted by Gasteiger charge is -2.49. The van der Waals surface area contributed by atoms with Crippen LogP contribution in [0.5, 0.6) is 5.75 Å². The summed E-state index contributed by atoms with van der Waals surface area (Å²) >= 11 is 0. The van der Waals surface area contributed by atoms with Gasteiger partial charge in [0.05, 0.1) is 30.8 Å². The minimum Gasteiger partial charge on any atom is -0.449 e. The molecule has 12 heteroatoms. The van der Waals surface area contributed by atoms with Gasteiger partial charge in [-0.1, -0.05) is 0 Å². The van der Waals surface area contributed by atoms with E-state index in [9.17, 15) is 24.3 Å². The summed E-state index contributed by atoms with van der Waals surface area (Å²) in [5, 5.41) is 11.1. The molecule has 2 bridgehead atoms. The number of aliphatic hydroxyl groups is 1. The van der Waals surface area contributed by atoms with Gasteiger partial charge in [0.2, 0.25) is 5.91 Å². The molecule has 3 aliphatic heterocycles. The van der Waals surface area contributed by atoms with Crippen molar-refractivity contribution in [2.75, 3.05) is 18.2 Å². The summed E-state index contributed by atoms with van der Waals surface area (Å²) in [6, 6.07) is 2.10. The molecule has 4 unspecified atom stereocenters. The number of hydrogen-bond donors (Lipinski definition) is 2. The van der Waals surface area contributed by atoms with Gasteiger partial charge in [-0.15, -0.1) is 0 Å². The molecule has 4 atom stereocenters. The van der Waals surface area contributed by atoms with Crippen LogP contribution in [0.4, 0.5) is 10.5 Å². The second-order valence-corrected chi connectivity index (χ2v) is 7.87. The van der Waals surface area contributed by atoms with Gasteiger partial charge in [0.15, 0.2) is 0 Å². The molecule has 1 aromatic rings. The maximum absolute atomic E-state index is 12.3. The van der Waals surface area contributed by atoms with Crippen molar-refractivity contribution in [3.63, 3.8) is 0 Å². The minimum atomic E-state index is -1.75. The zero-order valence-corrected chi connectivity index (χ0v) is 17.7. The van der Waals surface area contributed by atoms with E-state index in [-0.39, 0.29) is 37.5 Å². The Morgan fingerprint density at radius 2 is 1.94 bits per heavy atom. The Kier molecular flexibility index (Phi) is 5.21. The largest absolute Gasteiger partial charge is 0.449 e. The van der Waals surface area contributed by atoms with Crippen LogP contribution in [0.2, 0.25) is 0 Å². The first-order valence-corrected chi connectivity index (χ1v) is 9.92. The molecule has 2 fully saturated rings. The standard InChI is InChI=1S/C20H23N3O9/c1-9(25)23-15-6-22-14-4-12(7-24)5-16(30-10(2)26)17(14)13(8-29-19(21)28)20(32-22,18(15)23)31-11(3)27/h4-5,13,15,18,24H,6-8H2,1-3H3,(H2,21,28). The number of rotatable bonds is 5. The average Bonchev–Trinajstić information content (AvgIpc) is 3.42. The molecule has 2 amide bonds. The first-order chi connectivity index (χ1) is 15.1. The Morgan fingerprint density at radius 3 is 2.50 bits per heavy atom. The number of carbonyl (C=O) groups excluding carboxylic acids is 4. The van der Waals surface area contributed by atoms with E-state index in [1.54, 1.807) is 6.07 Å². The van der Waals surface area contributed by atoms with E-state index in [1.807, 2.05) is 0 Å². The molecule has 12 nitrogen and oxygen atoms in total. The topological polar surface area (TPSA) is 158 Å². The third-order valence-electron chi connectivity index (χ3n) is 5.73. The predicted octanol–water partition coefficient (Wildman–Crippen LogP) is -0.0930. The molecule has 4 rings (SSSR count). The zero-order valence-electron chi connectivity index (χ0n) is 17.7. The van der Waals surface area contributed by atoms with Crippen molar-refractivity contribution in [3.05, 3.63) is 23.3 Å². The van der Waals surface area contributed by atoms with E-state index in [1.165, 1.54) is 36.8 Å². The summed E-state index contributed by atoms with van der Waals surface area (Å²) in [4.78, 5) is 55.3. The summed E-state index contributed by atoms with van der Waals surface area (Å²) in [5.74, 6) is -4.23. The van der Waals surface area contributed by atoms with Gasteiger partial charge in [-0.05, 0) is 17.7 Å². The molecule has 0 aromatic heterocycles. The average molecular weight is 449 g/mol. The number of ether oxygens (including phenoxy) is 3. The van der Waals surface area contributed by atoms with Crippen LogP contribution in [0.1, 0.15) is 37.8 Å². The highest BCUT2D eigenvalue weighted by Gasteiger charge is 2.73. The Bertz CT molecular complexity index is 1010. The van der Waals surface area contributed by atoms with Crippen LogP contribution >= 0.6 is 0 Å². The normalized spacial score (nSPS) is 27.1. The zero-order chi connectivity index (χ0) is 23.4. The smallest absolute Gasteiger partial charge is 0.404 e. The quantitative estimate of drug-likeness (QED) is 0.353. The maximum atomic E-state index is 12.3. The van der Waals surface area contributed by atoms with Crippen LogP contribution in [0.3, 0.4) is 0 Å². The van der Waals surface area contributed by atoms with E-state index < -0.39 is 35.8 Å². The molecule has 0 saturated carbocycles. The van der Waals surface area contributed by atoms with Crippen molar-refractivity contribution in [1.29, 1.82) is 0 Å². The highest BCUT2D eigenvalue weighted by atomic mass is 16.8. The number of benzene rings is 1. The summed E-state index contributed by atoms with van der Waals surface area (Å²) in [5.41, 5.74) is 6.39. The van der Waals surface area contributed by atoms with Gasteiger partial charge in [-0.25, -0.2) is 14.7 Å². The summed E-state index contributed by atoms with van der Waals surface area (Å²) in [6.07, 6.45) is -1.07. The van der Waals surface area contributed by atoms with Crippen molar-refractivity contribution in [1.82, 2.24) is 4.90 Å². The molecule has 3 N–H and O–H groups in total. The Hall–Kier alpha value is -3.38. The van der Waals surface area contributed by atoms with E-state index in [0.29, 0.717) is 16.8 Å². The highest BCUT2D eigenvalue weighted by molar-refractivity contribution is 5.80. The van der Waals surface area contributed by atoms with E-state index in [4.69, 9.17) is 24.8 Å². The first-order valence-electron chi connectivity index (χ1n) is 9.92. The second kappa shape index (κ2) is 7.64. The number of fused-ring (bicyclic) bond motifs is 6. The van der Waals surface area contributed by atoms with E-state index >= 15 is 0 Å². The third-order valence-corrected chi connectivity index (χ3v) is 5.73. The Balaban J connectivity index is 1.94. The number of anilines is 1. The van der Waals surface area contributed by atoms with Crippen LogP contribution < -0.4 is 15.5 Å². The molecule has 1 aromatic carbocycles. The van der Waals surface area contributed by atoms with Gasteiger partial charge in [-0.3, -0.25) is 14.4 Å². The van der Waals surface area contributed by atoms with Crippen LogP contribution in [0.15, 0.2) is 12.1 Å². The molecular weight excluding hydrogens is 426 g/mol. The second-order valence-electron chi connectivity index (χ2n) is 7.87. The molecular formula is C20H23N3O9. The van der Waals surface area contributed by atoms with Crippen molar-refractivity contribution in [2.45, 2.75) is 51.2 Å². The van der Waals surface area contributed by atoms with Crippen molar-refractivity contribution in [3.8, 4) is 5.75 Å².